The Hall–Kier alpha value is -2.34. The molecule has 0 heterocycles. The Morgan fingerprint density at radius 3 is 2.00 bits per heavy atom. The van der Waals surface area contributed by atoms with Crippen molar-refractivity contribution in [1.29, 1.82) is 0 Å². The van der Waals surface area contributed by atoms with E-state index in [-0.39, 0.29) is 17.9 Å². The lowest BCUT2D eigenvalue weighted by Gasteiger charge is -2.57. The van der Waals surface area contributed by atoms with Gasteiger partial charge in [0.2, 0.25) is 15.9 Å². The number of carbonyl (C=O) groups excluding carboxylic acids is 1. The molecule has 1 amide bonds. The molecule has 0 unspecified atom stereocenters. The monoisotopic (exact) mass is 494 g/mol. The number of benzene rings is 2. The molecule has 4 aliphatic carbocycles. The number of hydrogen-bond acceptors (Lipinski definition) is 3. The molecule has 4 bridgehead atoms. The zero-order valence-corrected chi connectivity index (χ0v) is 22.0. The Labute approximate surface area is 210 Å². The second kappa shape index (κ2) is 8.95. The number of hydrogen-bond donors (Lipinski definition) is 1. The van der Waals surface area contributed by atoms with Crippen molar-refractivity contribution in [2.45, 2.75) is 69.7 Å². The van der Waals surface area contributed by atoms with Gasteiger partial charge in [-0.1, -0.05) is 42.5 Å². The van der Waals surface area contributed by atoms with Gasteiger partial charge in [0.25, 0.3) is 0 Å². The van der Waals surface area contributed by atoms with Crippen molar-refractivity contribution in [2.75, 3.05) is 17.1 Å². The molecule has 0 aromatic heterocycles. The van der Waals surface area contributed by atoms with Gasteiger partial charge in [-0.2, -0.15) is 0 Å². The predicted octanol–water partition coefficient (Wildman–Crippen LogP) is 5.06. The molecule has 4 saturated carbocycles. The van der Waals surface area contributed by atoms with E-state index in [4.69, 9.17) is 0 Å². The Balaban J connectivity index is 1.30. The molecule has 4 fully saturated rings. The van der Waals surface area contributed by atoms with Crippen LogP contribution >= 0.6 is 0 Å². The van der Waals surface area contributed by atoms with Gasteiger partial charge in [0, 0.05) is 5.54 Å². The van der Waals surface area contributed by atoms with E-state index in [1.54, 1.807) is 0 Å². The van der Waals surface area contributed by atoms with Crippen LogP contribution in [0.2, 0.25) is 0 Å². The maximum Gasteiger partial charge on any atom is 0.241 e. The second-order valence-electron chi connectivity index (χ2n) is 12.1. The number of rotatable bonds is 8. The van der Waals surface area contributed by atoms with Crippen molar-refractivity contribution >= 4 is 21.6 Å². The Bertz CT molecular complexity index is 1140. The minimum atomic E-state index is -3.61. The number of nitrogens with zero attached hydrogens (tertiary/aromatic N) is 1. The molecule has 188 valence electrons. The number of anilines is 1. The molecule has 5 nitrogen and oxygen atoms in total. The summed E-state index contributed by atoms with van der Waals surface area (Å²) < 4.78 is 26.6. The van der Waals surface area contributed by atoms with Gasteiger partial charge in [0.15, 0.2) is 0 Å². The first-order chi connectivity index (χ1) is 16.5. The predicted molar refractivity (Wildman–Crippen MR) is 141 cm³/mol. The van der Waals surface area contributed by atoms with Gasteiger partial charge in [0.1, 0.15) is 6.54 Å². The van der Waals surface area contributed by atoms with Crippen LogP contribution in [0.3, 0.4) is 0 Å². The molecular formula is C29H38N2O3S. The number of sulfonamides is 1. The first-order valence-electron chi connectivity index (χ1n) is 12.9. The van der Waals surface area contributed by atoms with Gasteiger partial charge in [-0.05, 0) is 105 Å². The van der Waals surface area contributed by atoms with Crippen LogP contribution < -0.4 is 9.62 Å². The van der Waals surface area contributed by atoms with Crippen molar-refractivity contribution in [3.05, 3.63) is 65.7 Å². The molecule has 0 aliphatic heterocycles. The first kappa shape index (κ1) is 24.4. The summed E-state index contributed by atoms with van der Waals surface area (Å²) in [5.41, 5.74) is 2.80. The van der Waals surface area contributed by atoms with E-state index in [1.165, 1.54) is 54.6 Å². The molecule has 6 heteroatoms. The summed E-state index contributed by atoms with van der Waals surface area (Å²) in [6, 6.07) is 18.0. The quantitative estimate of drug-likeness (QED) is 0.558. The highest BCUT2D eigenvalue weighted by Gasteiger charge is 2.51. The van der Waals surface area contributed by atoms with Crippen molar-refractivity contribution < 1.29 is 13.2 Å². The molecule has 0 atom stereocenters. The van der Waals surface area contributed by atoms with Crippen molar-refractivity contribution in [3.63, 3.8) is 0 Å². The highest BCUT2D eigenvalue weighted by molar-refractivity contribution is 7.92. The standard InChI is InChI=1S/C29H38N2O3S/c1-28(2,16-21-7-5-4-6-8-21)30-27(32)20-31(35(3,33)34)26-11-9-25(10-12-26)29-17-22-13-23(18-29)15-24(14-22)19-29/h4-12,22-24H,13-20H2,1-3H3,(H,30,32). The van der Waals surface area contributed by atoms with Gasteiger partial charge < -0.3 is 5.32 Å². The van der Waals surface area contributed by atoms with Crippen LogP contribution in [0.5, 0.6) is 0 Å². The summed E-state index contributed by atoms with van der Waals surface area (Å²) in [6.45, 7) is 3.69. The maximum absolute atomic E-state index is 13.0. The summed E-state index contributed by atoms with van der Waals surface area (Å²) in [6.07, 6.45) is 9.84. The zero-order valence-electron chi connectivity index (χ0n) is 21.2. The third-order valence-corrected chi connectivity index (χ3v) is 9.60. The van der Waals surface area contributed by atoms with Crippen LogP contribution in [0.25, 0.3) is 0 Å². The van der Waals surface area contributed by atoms with Gasteiger partial charge in [-0.25, -0.2) is 8.42 Å². The summed E-state index contributed by atoms with van der Waals surface area (Å²) >= 11 is 0. The average Bonchev–Trinajstić information content (AvgIpc) is 2.76. The normalized spacial score (nSPS) is 27.6. The van der Waals surface area contributed by atoms with Crippen LogP contribution in [0.4, 0.5) is 5.69 Å². The molecule has 0 saturated heterocycles. The molecule has 35 heavy (non-hydrogen) atoms. The van der Waals surface area contributed by atoms with Crippen LogP contribution in [-0.2, 0) is 26.7 Å². The molecule has 6 rings (SSSR count). The van der Waals surface area contributed by atoms with E-state index in [0.29, 0.717) is 12.1 Å². The molecular weight excluding hydrogens is 456 g/mol. The maximum atomic E-state index is 13.0. The Morgan fingerprint density at radius 1 is 0.943 bits per heavy atom. The number of amides is 1. The van der Waals surface area contributed by atoms with E-state index >= 15 is 0 Å². The fourth-order valence-corrected chi connectivity index (χ4v) is 8.40. The first-order valence-corrected chi connectivity index (χ1v) is 14.8. The van der Waals surface area contributed by atoms with E-state index in [0.717, 1.165) is 23.3 Å². The molecule has 2 aromatic rings. The molecule has 1 N–H and O–H groups in total. The van der Waals surface area contributed by atoms with E-state index in [1.807, 2.05) is 56.3 Å². The zero-order chi connectivity index (χ0) is 24.8. The fourth-order valence-electron chi connectivity index (χ4n) is 7.54. The fraction of sp³-hybridized carbons (Fsp3) is 0.552. The van der Waals surface area contributed by atoms with Crippen LogP contribution in [0, 0.1) is 17.8 Å². The summed E-state index contributed by atoms with van der Waals surface area (Å²) in [4.78, 5) is 13.0. The highest BCUT2D eigenvalue weighted by Crippen LogP contribution is 2.60. The van der Waals surface area contributed by atoms with E-state index in [9.17, 15) is 13.2 Å². The van der Waals surface area contributed by atoms with E-state index in [2.05, 4.69) is 17.4 Å². The van der Waals surface area contributed by atoms with Crippen LogP contribution in [0.1, 0.15) is 63.5 Å². The van der Waals surface area contributed by atoms with Crippen LogP contribution in [-0.4, -0.2) is 32.7 Å². The smallest absolute Gasteiger partial charge is 0.241 e. The van der Waals surface area contributed by atoms with E-state index < -0.39 is 15.6 Å². The van der Waals surface area contributed by atoms with Gasteiger partial charge in [0.05, 0.1) is 11.9 Å². The third kappa shape index (κ3) is 5.28. The Morgan fingerprint density at radius 2 is 1.49 bits per heavy atom. The number of nitrogens with one attached hydrogen (secondary N) is 1. The minimum Gasteiger partial charge on any atom is -0.349 e. The van der Waals surface area contributed by atoms with Crippen molar-refractivity contribution in [2.24, 2.45) is 17.8 Å². The third-order valence-electron chi connectivity index (χ3n) is 8.46. The summed E-state index contributed by atoms with van der Waals surface area (Å²) in [7, 11) is -3.61. The lowest BCUT2D eigenvalue weighted by Crippen LogP contribution is -2.50. The SMILES string of the molecule is CC(C)(Cc1ccccc1)NC(=O)CN(c1ccc(C23CC4CC(CC(C4)C2)C3)cc1)S(C)(=O)=O. The Kier molecular flexibility index (Phi) is 6.23. The van der Waals surface area contributed by atoms with Crippen molar-refractivity contribution in [3.8, 4) is 0 Å². The molecule has 4 aliphatic rings. The second-order valence-corrected chi connectivity index (χ2v) is 14.0. The molecule has 0 radical (unpaired) electrons. The lowest BCUT2D eigenvalue weighted by molar-refractivity contribution is -0.121. The van der Waals surface area contributed by atoms with Crippen molar-refractivity contribution in [1.82, 2.24) is 5.32 Å². The number of carbonyl (C=O) groups is 1. The highest BCUT2D eigenvalue weighted by atomic mass is 32.2. The summed E-state index contributed by atoms with van der Waals surface area (Å²) in [5.74, 6) is 2.27. The lowest BCUT2D eigenvalue weighted by atomic mass is 9.48. The van der Waals surface area contributed by atoms with Gasteiger partial charge >= 0.3 is 0 Å². The van der Waals surface area contributed by atoms with Gasteiger partial charge in [-0.3, -0.25) is 9.10 Å². The molecule has 2 aromatic carbocycles. The molecule has 0 spiro atoms. The van der Waals surface area contributed by atoms with Crippen LogP contribution in [0.15, 0.2) is 54.6 Å². The summed E-state index contributed by atoms with van der Waals surface area (Å²) in [5, 5.41) is 3.03. The average molecular weight is 495 g/mol. The van der Waals surface area contributed by atoms with Gasteiger partial charge in [-0.15, -0.1) is 0 Å². The topological polar surface area (TPSA) is 66.5 Å². The largest absolute Gasteiger partial charge is 0.349 e. The minimum absolute atomic E-state index is 0.228.